The molecule has 0 saturated carbocycles. The van der Waals surface area contributed by atoms with Gasteiger partial charge in [0, 0.05) is 12.8 Å². The topological polar surface area (TPSA) is 41.6 Å². The van der Waals surface area contributed by atoms with Crippen molar-refractivity contribution in [2.45, 2.75) is 12.5 Å². The first kappa shape index (κ1) is 9.16. The fraction of sp³-hybridized carbons (Fsp3) is 0.444. The molecule has 0 aliphatic carbocycles. The molecule has 1 atom stereocenters. The van der Waals surface area contributed by atoms with Gasteiger partial charge in [0.1, 0.15) is 0 Å². The number of hydrazine groups is 1. The normalized spacial score (nSPS) is 27.9. The number of aliphatic imine (C=N–C) groups is 1. The molecular weight excluding hydrogens is 150 g/mol. The lowest BCUT2D eigenvalue weighted by atomic mass is 9.99. The van der Waals surface area contributed by atoms with E-state index in [0.29, 0.717) is 13.1 Å². The Bertz CT molecular complexity index is 220. The molecule has 0 bridgehead atoms. The van der Waals surface area contributed by atoms with E-state index in [1.54, 1.807) is 17.3 Å². The molecule has 0 aromatic heterocycles. The third kappa shape index (κ3) is 1.81. The lowest BCUT2D eigenvalue weighted by molar-refractivity contribution is 0.173. The highest BCUT2D eigenvalue weighted by atomic mass is 15.4. The maximum absolute atomic E-state index is 5.83. The second-order valence-electron chi connectivity index (χ2n) is 3.15. The van der Waals surface area contributed by atoms with E-state index < -0.39 is 0 Å². The zero-order chi connectivity index (χ0) is 9.03. The van der Waals surface area contributed by atoms with Crippen molar-refractivity contribution in [1.29, 1.82) is 0 Å². The van der Waals surface area contributed by atoms with Gasteiger partial charge >= 0.3 is 0 Å². The maximum Gasteiger partial charge on any atom is 0.0704 e. The Kier molecular flexibility index (Phi) is 2.78. The number of allylic oxidation sites excluding steroid dienone is 1. The maximum atomic E-state index is 5.83. The van der Waals surface area contributed by atoms with Crippen LogP contribution >= 0.6 is 0 Å². The van der Waals surface area contributed by atoms with Gasteiger partial charge in [-0.1, -0.05) is 12.2 Å². The van der Waals surface area contributed by atoms with Crippen molar-refractivity contribution in [1.82, 2.24) is 5.01 Å². The van der Waals surface area contributed by atoms with Crippen molar-refractivity contribution in [3.63, 3.8) is 0 Å². The van der Waals surface area contributed by atoms with E-state index in [1.807, 2.05) is 6.08 Å². The molecule has 3 heteroatoms. The average Bonchev–Trinajstić information content (AvgIpc) is 2.06. The van der Waals surface area contributed by atoms with Gasteiger partial charge in [-0.2, -0.15) is 0 Å². The second kappa shape index (κ2) is 3.65. The first-order valence-corrected chi connectivity index (χ1v) is 4.00. The number of hydrogen-bond acceptors (Lipinski definition) is 3. The van der Waals surface area contributed by atoms with E-state index in [1.165, 1.54) is 0 Å². The van der Waals surface area contributed by atoms with Crippen LogP contribution in [-0.2, 0) is 0 Å². The Morgan fingerprint density at radius 3 is 3.08 bits per heavy atom. The largest absolute Gasteiger partial charge is 0.291 e. The van der Waals surface area contributed by atoms with Gasteiger partial charge in [-0.05, 0) is 13.0 Å². The van der Waals surface area contributed by atoms with Crippen LogP contribution in [0.5, 0.6) is 0 Å². The smallest absolute Gasteiger partial charge is 0.0704 e. The fourth-order valence-electron chi connectivity index (χ4n) is 1.14. The molecule has 0 aromatic rings. The summed E-state index contributed by atoms with van der Waals surface area (Å²) in [7, 11) is 0. The number of rotatable bonds is 3. The van der Waals surface area contributed by atoms with Crippen molar-refractivity contribution in [3.8, 4) is 0 Å². The third-order valence-electron chi connectivity index (χ3n) is 2.04. The molecule has 0 fully saturated rings. The first-order chi connectivity index (χ1) is 5.69. The standard InChI is InChI=1S/C9H15N3/c1-3-7-12(10)9(2)5-4-6-11-8-9/h3-6H,1,7-8,10H2,2H3. The molecule has 0 amide bonds. The summed E-state index contributed by atoms with van der Waals surface area (Å²) in [6, 6.07) is 0. The van der Waals surface area contributed by atoms with Gasteiger partial charge in [0.15, 0.2) is 0 Å². The van der Waals surface area contributed by atoms with E-state index >= 15 is 0 Å². The lowest BCUT2D eigenvalue weighted by Crippen LogP contribution is -2.52. The van der Waals surface area contributed by atoms with Crippen LogP contribution < -0.4 is 5.84 Å². The van der Waals surface area contributed by atoms with Gasteiger partial charge in [0.2, 0.25) is 0 Å². The summed E-state index contributed by atoms with van der Waals surface area (Å²) in [5.74, 6) is 5.83. The molecule has 0 saturated heterocycles. The minimum atomic E-state index is -0.150. The van der Waals surface area contributed by atoms with E-state index in [-0.39, 0.29) is 5.54 Å². The van der Waals surface area contributed by atoms with Gasteiger partial charge in [-0.15, -0.1) is 6.58 Å². The molecule has 0 aromatic carbocycles. The number of dihydropyridines is 1. The Balaban J connectivity index is 2.64. The molecular formula is C9H15N3. The lowest BCUT2D eigenvalue weighted by Gasteiger charge is -2.34. The van der Waals surface area contributed by atoms with E-state index in [2.05, 4.69) is 24.6 Å². The van der Waals surface area contributed by atoms with Crippen molar-refractivity contribution < 1.29 is 0 Å². The van der Waals surface area contributed by atoms with Crippen molar-refractivity contribution in [2.75, 3.05) is 13.1 Å². The van der Waals surface area contributed by atoms with Crippen LogP contribution in [0.15, 0.2) is 29.8 Å². The molecule has 1 unspecified atom stereocenters. The number of nitrogens with two attached hydrogens (primary N) is 1. The fourth-order valence-corrected chi connectivity index (χ4v) is 1.14. The van der Waals surface area contributed by atoms with Crippen molar-refractivity contribution in [3.05, 3.63) is 24.8 Å². The molecule has 2 N–H and O–H groups in total. The highest BCUT2D eigenvalue weighted by Crippen LogP contribution is 2.15. The van der Waals surface area contributed by atoms with Crippen LogP contribution in [0.3, 0.4) is 0 Å². The minimum absolute atomic E-state index is 0.150. The van der Waals surface area contributed by atoms with Crippen LogP contribution in [0.1, 0.15) is 6.92 Å². The van der Waals surface area contributed by atoms with Crippen LogP contribution in [0.4, 0.5) is 0 Å². The molecule has 0 radical (unpaired) electrons. The summed E-state index contributed by atoms with van der Waals surface area (Å²) in [5, 5.41) is 1.74. The molecule has 1 rings (SSSR count). The Morgan fingerprint density at radius 2 is 2.58 bits per heavy atom. The number of nitrogens with zero attached hydrogens (tertiary/aromatic N) is 2. The first-order valence-electron chi connectivity index (χ1n) is 4.00. The monoisotopic (exact) mass is 165 g/mol. The minimum Gasteiger partial charge on any atom is -0.291 e. The summed E-state index contributed by atoms with van der Waals surface area (Å²) in [5.41, 5.74) is -0.150. The summed E-state index contributed by atoms with van der Waals surface area (Å²) >= 11 is 0. The van der Waals surface area contributed by atoms with Gasteiger partial charge in [-0.3, -0.25) is 10.8 Å². The Morgan fingerprint density at radius 1 is 1.83 bits per heavy atom. The van der Waals surface area contributed by atoms with Crippen LogP contribution in [-0.4, -0.2) is 29.9 Å². The van der Waals surface area contributed by atoms with Gasteiger partial charge in [0.05, 0.1) is 12.1 Å². The van der Waals surface area contributed by atoms with E-state index in [4.69, 9.17) is 5.84 Å². The predicted molar refractivity (Wildman–Crippen MR) is 52.0 cm³/mol. The zero-order valence-corrected chi connectivity index (χ0v) is 7.40. The van der Waals surface area contributed by atoms with Crippen molar-refractivity contribution in [2.24, 2.45) is 10.8 Å². The van der Waals surface area contributed by atoms with Crippen LogP contribution in [0.25, 0.3) is 0 Å². The van der Waals surface area contributed by atoms with Crippen molar-refractivity contribution >= 4 is 6.21 Å². The van der Waals surface area contributed by atoms with Crippen LogP contribution in [0.2, 0.25) is 0 Å². The quantitative estimate of drug-likeness (QED) is 0.381. The van der Waals surface area contributed by atoms with E-state index in [0.717, 1.165) is 0 Å². The summed E-state index contributed by atoms with van der Waals surface area (Å²) in [6.07, 6.45) is 7.57. The molecule has 1 aliphatic heterocycles. The summed E-state index contributed by atoms with van der Waals surface area (Å²) < 4.78 is 0. The van der Waals surface area contributed by atoms with Gasteiger partial charge in [-0.25, -0.2) is 5.01 Å². The molecule has 66 valence electrons. The summed E-state index contributed by atoms with van der Waals surface area (Å²) in [4.78, 5) is 4.17. The van der Waals surface area contributed by atoms with Gasteiger partial charge in [0.25, 0.3) is 0 Å². The molecule has 1 aliphatic rings. The molecule has 12 heavy (non-hydrogen) atoms. The SMILES string of the molecule is C=CCN(N)C1(C)C=CC=NC1. The highest BCUT2D eigenvalue weighted by Gasteiger charge is 2.26. The molecule has 3 nitrogen and oxygen atoms in total. The van der Waals surface area contributed by atoms with Crippen LogP contribution in [0, 0.1) is 0 Å². The Hall–Kier alpha value is -0.930. The zero-order valence-electron chi connectivity index (χ0n) is 7.40. The predicted octanol–water partition coefficient (Wildman–Crippen LogP) is 0.747. The number of hydrogen-bond donors (Lipinski definition) is 1. The average molecular weight is 165 g/mol. The second-order valence-corrected chi connectivity index (χ2v) is 3.15. The molecule has 0 spiro atoms. The summed E-state index contributed by atoms with van der Waals surface area (Å²) in [6.45, 7) is 7.09. The highest BCUT2D eigenvalue weighted by molar-refractivity contribution is 5.72. The Labute approximate surface area is 73.2 Å². The third-order valence-corrected chi connectivity index (χ3v) is 2.04. The van der Waals surface area contributed by atoms with E-state index in [9.17, 15) is 0 Å². The molecule has 1 heterocycles. The van der Waals surface area contributed by atoms with Gasteiger partial charge < -0.3 is 0 Å².